The summed E-state index contributed by atoms with van der Waals surface area (Å²) in [5, 5.41) is 23.2. The summed E-state index contributed by atoms with van der Waals surface area (Å²) in [5.41, 5.74) is 2.21. The number of nitrogens with one attached hydrogen (secondary N) is 1. The number of benzene rings is 2. The summed E-state index contributed by atoms with van der Waals surface area (Å²) in [6, 6.07) is 18.3. The molecule has 0 radical (unpaired) electrons. The zero-order chi connectivity index (χ0) is 15.8. The molecule has 0 aliphatic carbocycles. The van der Waals surface area contributed by atoms with Crippen LogP contribution in [0.4, 0.5) is 5.69 Å². The van der Waals surface area contributed by atoms with Gasteiger partial charge in [-0.15, -0.1) is 0 Å². The van der Waals surface area contributed by atoms with E-state index in [0.29, 0.717) is 24.2 Å². The number of rotatable bonds is 6. The van der Waals surface area contributed by atoms with Crippen LogP contribution in [0.2, 0.25) is 0 Å². The molecule has 2 aromatic rings. The van der Waals surface area contributed by atoms with E-state index in [-0.39, 0.29) is 5.69 Å². The van der Waals surface area contributed by atoms with Crippen molar-refractivity contribution in [3.63, 3.8) is 0 Å². The van der Waals surface area contributed by atoms with Crippen molar-refractivity contribution in [1.82, 2.24) is 5.32 Å². The average Bonchev–Trinajstić information content (AvgIpc) is 2.55. The van der Waals surface area contributed by atoms with Crippen molar-refractivity contribution in [3.8, 4) is 6.07 Å². The van der Waals surface area contributed by atoms with Crippen molar-refractivity contribution in [1.29, 1.82) is 5.26 Å². The lowest BCUT2D eigenvalue weighted by Crippen LogP contribution is -2.16. The topological polar surface area (TPSA) is 79.0 Å². The molecule has 0 heterocycles. The molecule has 2 aromatic carbocycles. The smallest absolute Gasteiger partial charge is 0.273 e. The van der Waals surface area contributed by atoms with Crippen LogP contribution in [0, 0.1) is 21.4 Å². The number of para-hydroxylation sites is 1. The Morgan fingerprint density at radius 2 is 1.86 bits per heavy atom. The summed E-state index contributed by atoms with van der Waals surface area (Å²) in [6.45, 7) is 0.697. The number of nitro groups is 1. The Labute approximate surface area is 128 Å². The quantitative estimate of drug-likeness (QED) is 0.503. The first-order valence-corrected chi connectivity index (χ1v) is 6.79. The van der Waals surface area contributed by atoms with Gasteiger partial charge in [0.25, 0.3) is 5.69 Å². The van der Waals surface area contributed by atoms with Gasteiger partial charge in [0.15, 0.2) is 0 Å². The lowest BCUT2D eigenvalue weighted by molar-refractivity contribution is -0.385. The second kappa shape index (κ2) is 7.72. The Hall–Kier alpha value is -2.97. The Bertz CT molecular complexity index is 718. The molecule has 1 N–H and O–H groups in total. The number of nitro benzene ring substituents is 1. The van der Waals surface area contributed by atoms with Gasteiger partial charge in [0.05, 0.1) is 11.0 Å². The van der Waals surface area contributed by atoms with Gasteiger partial charge in [-0.05, 0) is 11.6 Å². The third-order valence-electron chi connectivity index (χ3n) is 3.10. The van der Waals surface area contributed by atoms with Crippen molar-refractivity contribution >= 4 is 11.8 Å². The predicted molar refractivity (Wildman–Crippen MR) is 84.8 cm³/mol. The lowest BCUT2D eigenvalue weighted by atomic mass is 10.1. The fourth-order valence-corrected chi connectivity index (χ4v) is 2.04. The molecule has 0 aliphatic rings. The molecule has 0 amide bonds. The predicted octanol–water partition coefficient (Wildman–Crippen LogP) is 3.29. The number of nitrogens with zero attached hydrogens (tertiary/aromatic N) is 2. The Balaban J connectivity index is 2.00. The van der Waals surface area contributed by atoms with Crippen LogP contribution in [0.5, 0.6) is 0 Å². The van der Waals surface area contributed by atoms with Crippen molar-refractivity contribution in [2.75, 3.05) is 6.54 Å². The summed E-state index contributed by atoms with van der Waals surface area (Å²) in [4.78, 5) is 10.5. The van der Waals surface area contributed by atoms with Crippen LogP contribution in [0.3, 0.4) is 0 Å². The highest BCUT2D eigenvalue weighted by atomic mass is 16.6. The van der Waals surface area contributed by atoms with E-state index in [4.69, 9.17) is 5.26 Å². The van der Waals surface area contributed by atoms with Crippen molar-refractivity contribution in [2.45, 2.75) is 6.54 Å². The molecule has 22 heavy (non-hydrogen) atoms. The number of hydrogen-bond donors (Lipinski definition) is 1. The summed E-state index contributed by atoms with van der Waals surface area (Å²) < 4.78 is 0. The maximum atomic E-state index is 10.9. The summed E-state index contributed by atoms with van der Waals surface area (Å²) in [5.74, 6) is 0. The van der Waals surface area contributed by atoms with Crippen LogP contribution >= 0.6 is 0 Å². The van der Waals surface area contributed by atoms with Crippen LogP contribution in [0.15, 0.2) is 60.2 Å². The Kier molecular flexibility index (Phi) is 5.41. The van der Waals surface area contributed by atoms with E-state index in [1.54, 1.807) is 24.3 Å². The van der Waals surface area contributed by atoms with Gasteiger partial charge in [0.1, 0.15) is 0 Å². The molecule has 0 fully saturated rings. The Morgan fingerprint density at radius 3 is 2.55 bits per heavy atom. The molecule has 0 aliphatic heterocycles. The van der Waals surface area contributed by atoms with E-state index >= 15 is 0 Å². The largest absolute Gasteiger partial charge is 0.308 e. The molecular formula is C17H15N3O2. The van der Waals surface area contributed by atoms with E-state index in [1.807, 2.05) is 30.3 Å². The summed E-state index contributed by atoms with van der Waals surface area (Å²) in [7, 11) is 0. The van der Waals surface area contributed by atoms with Gasteiger partial charge in [0, 0.05) is 30.3 Å². The van der Waals surface area contributed by atoms with Gasteiger partial charge < -0.3 is 5.32 Å². The molecule has 110 valence electrons. The second-order valence-electron chi connectivity index (χ2n) is 4.68. The van der Waals surface area contributed by atoms with E-state index in [2.05, 4.69) is 11.4 Å². The van der Waals surface area contributed by atoms with Crippen molar-refractivity contribution < 1.29 is 4.92 Å². The molecule has 0 saturated heterocycles. The standard InChI is InChI=1S/C17H15N3O2/c18-11-15(10-14-6-2-1-3-7-14)12-19-13-16-8-4-5-9-17(16)20(21)22/h1-10,19H,12-13H2/b15-10+. The maximum Gasteiger partial charge on any atom is 0.273 e. The zero-order valence-corrected chi connectivity index (χ0v) is 11.9. The van der Waals surface area contributed by atoms with E-state index in [1.165, 1.54) is 6.07 Å². The average molecular weight is 293 g/mol. The molecule has 0 atom stereocenters. The van der Waals surface area contributed by atoms with Crippen LogP contribution in [-0.4, -0.2) is 11.5 Å². The van der Waals surface area contributed by atoms with E-state index in [9.17, 15) is 10.1 Å². The fourth-order valence-electron chi connectivity index (χ4n) is 2.04. The molecule has 0 aromatic heterocycles. The molecule has 2 rings (SSSR count). The van der Waals surface area contributed by atoms with Gasteiger partial charge in [-0.25, -0.2) is 0 Å². The molecule has 0 unspecified atom stereocenters. The van der Waals surface area contributed by atoms with Crippen molar-refractivity contribution in [2.24, 2.45) is 0 Å². The highest BCUT2D eigenvalue weighted by molar-refractivity contribution is 5.57. The highest BCUT2D eigenvalue weighted by Gasteiger charge is 2.11. The summed E-state index contributed by atoms with van der Waals surface area (Å²) >= 11 is 0. The van der Waals surface area contributed by atoms with E-state index < -0.39 is 4.92 Å². The molecule has 5 nitrogen and oxygen atoms in total. The maximum absolute atomic E-state index is 10.9. The molecular weight excluding hydrogens is 278 g/mol. The fraction of sp³-hybridized carbons (Fsp3) is 0.118. The minimum Gasteiger partial charge on any atom is -0.308 e. The summed E-state index contributed by atoms with van der Waals surface area (Å²) in [6.07, 6.45) is 1.80. The first-order valence-electron chi connectivity index (χ1n) is 6.79. The molecule has 0 bridgehead atoms. The molecule has 5 heteroatoms. The van der Waals surface area contributed by atoms with Crippen LogP contribution < -0.4 is 5.32 Å². The third kappa shape index (κ3) is 4.27. The molecule has 0 spiro atoms. The lowest BCUT2D eigenvalue weighted by Gasteiger charge is -2.05. The molecule has 0 saturated carbocycles. The van der Waals surface area contributed by atoms with Crippen LogP contribution in [0.1, 0.15) is 11.1 Å². The minimum atomic E-state index is -0.401. The monoisotopic (exact) mass is 293 g/mol. The number of hydrogen-bond acceptors (Lipinski definition) is 4. The van der Waals surface area contributed by atoms with Crippen molar-refractivity contribution in [3.05, 3.63) is 81.4 Å². The minimum absolute atomic E-state index is 0.0838. The van der Waals surface area contributed by atoms with Gasteiger partial charge in [-0.2, -0.15) is 5.26 Å². The first-order chi connectivity index (χ1) is 10.7. The van der Waals surface area contributed by atoms with Gasteiger partial charge >= 0.3 is 0 Å². The number of nitriles is 1. The highest BCUT2D eigenvalue weighted by Crippen LogP contribution is 2.17. The van der Waals surface area contributed by atoms with Crippen LogP contribution in [-0.2, 0) is 6.54 Å². The van der Waals surface area contributed by atoms with Gasteiger partial charge in [0.2, 0.25) is 0 Å². The second-order valence-corrected chi connectivity index (χ2v) is 4.68. The van der Waals surface area contributed by atoms with Gasteiger partial charge in [-0.3, -0.25) is 10.1 Å². The van der Waals surface area contributed by atoms with Crippen LogP contribution in [0.25, 0.3) is 6.08 Å². The van der Waals surface area contributed by atoms with E-state index in [0.717, 1.165) is 5.56 Å². The third-order valence-corrected chi connectivity index (χ3v) is 3.10. The first kappa shape index (κ1) is 15.4. The Morgan fingerprint density at radius 1 is 1.18 bits per heavy atom. The SMILES string of the molecule is N#C/C(=C\c1ccccc1)CNCc1ccccc1[N+](=O)[O-]. The van der Waals surface area contributed by atoms with Gasteiger partial charge in [-0.1, -0.05) is 48.5 Å². The normalized spacial score (nSPS) is 11.0. The zero-order valence-electron chi connectivity index (χ0n) is 11.9.